The number of rotatable bonds is 6. The largest absolute Gasteiger partial charge is 0.310 e. The summed E-state index contributed by atoms with van der Waals surface area (Å²) in [4.78, 5) is 2.38. The summed E-state index contributed by atoms with van der Waals surface area (Å²) < 4.78 is 4.97. The van der Waals surface area contributed by atoms with Gasteiger partial charge in [-0.3, -0.25) is 0 Å². The van der Waals surface area contributed by atoms with Gasteiger partial charge in [0, 0.05) is 53.7 Å². The maximum absolute atomic E-state index is 2.38. The number of fused-ring (bicyclic) bond motifs is 7. The van der Waals surface area contributed by atoms with E-state index in [0.29, 0.717) is 0 Å². The molecule has 0 N–H and O–H groups in total. The normalized spacial score (nSPS) is 11.6. The molecule has 0 aliphatic rings. The highest BCUT2D eigenvalue weighted by Crippen LogP contribution is 2.42. The molecule has 0 unspecified atom stereocenters. The quantitative estimate of drug-likeness (QED) is 0.166. The maximum atomic E-state index is 2.38. The van der Waals surface area contributed by atoms with Crippen molar-refractivity contribution in [1.82, 2.24) is 4.57 Å². The topological polar surface area (TPSA) is 8.17 Å². The van der Waals surface area contributed by atoms with Gasteiger partial charge in [-0.2, -0.15) is 0 Å². The first-order chi connectivity index (χ1) is 27.2. The van der Waals surface area contributed by atoms with Crippen LogP contribution in [0, 0.1) is 0 Å². The molecule has 0 fully saturated rings. The van der Waals surface area contributed by atoms with Crippen LogP contribution in [0.3, 0.4) is 0 Å². The Morgan fingerprint density at radius 1 is 0.327 bits per heavy atom. The monoisotopic (exact) mass is 718 g/mol. The minimum absolute atomic E-state index is 1.12. The number of nitrogens with zero attached hydrogens (tertiary/aromatic N) is 2. The molecule has 11 aromatic rings. The van der Waals surface area contributed by atoms with Gasteiger partial charge in [-0.1, -0.05) is 127 Å². The lowest BCUT2D eigenvalue weighted by molar-refractivity contribution is 1.18. The molecular weight excluding hydrogens is 685 g/mol. The van der Waals surface area contributed by atoms with E-state index in [4.69, 9.17) is 0 Å². The van der Waals surface area contributed by atoms with Gasteiger partial charge in [-0.05, 0) is 112 Å². The number of benzene rings is 9. The molecule has 0 saturated carbocycles. The van der Waals surface area contributed by atoms with Crippen LogP contribution in [0.5, 0.6) is 0 Å². The van der Waals surface area contributed by atoms with Gasteiger partial charge >= 0.3 is 0 Å². The molecule has 3 heteroatoms. The molecule has 258 valence electrons. The van der Waals surface area contributed by atoms with Crippen molar-refractivity contribution in [2.45, 2.75) is 0 Å². The number of para-hydroxylation sites is 2. The van der Waals surface area contributed by atoms with Crippen LogP contribution in [-0.2, 0) is 0 Å². The smallest absolute Gasteiger partial charge is 0.0541 e. The Kier molecular flexibility index (Phi) is 7.39. The third-order valence-electron chi connectivity index (χ3n) is 11.0. The van der Waals surface area contributed by atoms with E-state index in [-0.39, 0.29) is 0 Å². The number of thiophene rings is 1. The fraction of sp³-hybridized carbons (Fsp3) is 0. The average molecular weight is 719 g/mol. The summed E-state index contributed by atoms with van der Waals surface area (Å²) in [7, 11) is 0. The van der Waals surface area contributed by atoms with Gasteiger partial charge in [0.25, 0.3) is 0 Å². The molecule has 0 aliphatic carbocycles. The van der Waals surface area contributed by atoms with Gasteiger partial charge in [0.05, 0.1) is 11.0 Å². The summed E-state index contributed by atoms with van der Waals surface area (Å²) in [6.07, 6.45) is 0. The first-order valence-corrected chi connectivity index (χ1v) is 19.6. The van der Waals surface area contributed by atoms with Crippen LogP contribution in [0.4, 0.5) is 17.1 Å². The molecule has 0 aliphatic heterocycles. The summed E-state index contributed by atoms with van der Waals surface area (Å²) in [6.45, 7) is 0. The Morgan fingerprint density at radius 3 is 1.67 bits per heavy atom. The summed E-state index contributed by atoms with van der Waals surface area (Å²) >= 11 is 1.86. The molecule has 55 heavy (non-hydrogen) atoms. The van der Waals surface area contributed by atoms with E-state index in [1.165, 1.54) is 80.7 Å². The maximum Gasteiger partial charge on any atom is 0.0541 e. The highest BCUT2D eigenvalue weighted by atomic mass is 32.1. The average Bonchev–Trinajstić information content (AvgIpc) is 3.79. The van der Waals surface area contributed by atoms with E-state index in [1.54, 1.807) is 0 Å². The predicted molar refractivity (Wildman–Crippen MR) is 237 cm³/mol. The van der Waals surface area contributed by atoms with Crippen LogP contribution in [0.25, 0.3) is 80.7 Å². The van der Waals surface area contributed by atoms with Crippen molar-refractivity contribution in [1.29, 1.82) is 0 Å². The van der Waals surface area contributed by atoms with Gasteiger partial charge in [0.15, 0.2) is 0 Å². The van der Waals surface area contributed by atoms with E-state index in [1.807, 2.05) is 11.3 Å². The standard InChI is InChI=1S/C52H34N2S/c1-2-12-41(13-3-1)54-49-16-8-6-14-45(49)48-33-40(24-31-50(48)54)37-22-27-43(28-23-37)53(44-29-30-47-46-15-7-9-17-51(46)55-52(47)34-44)42-25-20-36(21-26-42)39-19-18-35-10-4-5-11-38(35)32-39/h1-34H. The highest BCUT2D eigenvalue weighted by Gasteiger charge is 2.17. The Morgan fingerprint density at radius 2 is 0.891 bits per heavy atom. The van der Waals surface area contributed by atoms with Crippen LogP contribution < -0.4 is 4.90 Å². The van der Waals surface area contributed by atoms with E-state index in [2.05, 4.69) is 216 Å². The zero-order valence-electron chi connectivity index (χ0n) is 29.9. The Hall–Kier alpha value is -6.94. The fourth-order valence-corrected chi connectivity index (χ4v) is 9.42. The van der Waals surface area contributed by atoms with Crippen LogP contribution >= 0.6 is 11.3 Å². The van der Waals surface area contributed by atoms with Crippen molar-refractivity contribution in [3.8, 4) is 27.9 Å². The molecule has 2 aromatic heterocycles. The first kappa shape index (κ1) is 31.6. The SMILES string of the molecule is c1ccc(-n2c3ccccc3c3cc(-c4ccc(N(c5ccc(-c6ccc7ccccc7c6)cc5)c5ccc6c(c5)sc5ccccc56)cc4)ccc32)cc1. The minimum Gasteiger partial charge on any atom is -0.310 e. The lowest BCUT2D eigenvalue weighted by atomic mass is 10.0. The molecule has 0 radical (unpaired) electrons. The lowest BCUT2D eigenvalue weighted by Gasteiger charge is -2.26. The van der Waals surface area contributed by atoms with Crippen LogP contribution in [-0.4, -0.2) is 4.57 Å². The second-order valence-corrected chi connectivity index (χ2v) is 15.3. The van der Waals surface area contributed by atoms with Crippen molar-refractivity contribution >= 4 is 81.1 Å². The number of hydrogen-bond acceptors (Lipinski definition) is 2. The van der Waals surface area contributed by atoms with Crippen LogP contribution in [0.1, 0.15) is 0 Å². The summed E-state index contributed by atoms with van der Waals surface area (Å²) in [6, 6.07) is 75.2. The molecular formula is C52H34N2S. The molecule has 9 aromatic carbocycles. The minimum atomic E-state index is 1.12. The number of aromatic nitrogens is 1. The molecule has 0 saturated heterocycles. The zero-order chi connectivity index (χ0) is 36.3. The van der Waals surface area contributed by atoms with Crippen molar-refractivity contribution in [3.05, 3.63) is 206 Å². The predicted octanol–water partition coefficient (Wildman–Crippen LogP) is 15.1. The molecule has 0 bridgehead atoms. The Bertz CT molecular complexity index is 3190. The zero-order valence-corrected chi connectivity index (χ0v) is 30.7. The second kappa shape index (κ2) is 12.9. The molecule has 0 atom stereocenters. The number of hydrogen-bond donors (Lipinski definition) is 0. The molecule has 0 amide bonds. The Balaban J connectivity index is 1.00. The van der Waals surface area contributed by atoms with Gasteiger partial charge in [-0.25, -0.2) is 0 Å². The summed E-state index contributed by atoms with van der Waals surface area (Å²) in [5.74, 6) is 0. The van der Waals surface area contributed by atoms with Crippen LogP contribution in [0.2, 0.25) is 0 Å². The van der Waals surface area contributed by atoms with E-state index in [0.717, 1.165) is 17.1 Å². The molecule has 0 spiro atoms. The van der Waals surface area contributed by atoms with E-state index < -0.39 is 0 Å². The fourth-order valence-electron chi connectivity index (χ4n) is 8.28. The highest BCUT2D eigenvalue weighted by molar-refractivity contribution is 7.25. The second-order valence-electron chi connectivity index (χ2n) is 14.2. The van der Waals surface area contributed by atoms with E-state index >= 15 is 0 Å². The molecule has 2 heterocycles. The lowest BCUT2D eigenvalue weighted by Crippen LogP contribution is -2.09. The third kappa shape index (κ3) is 5.40. The molecule has 11 rings (SSSR count). The van der Waals surface area contributed by atoms with Gasteiger partial charge in [-0.15, -0.1) is 11.3 Å². The summed E-state index contributed by atoms with van der Waals surface area (Å²) in [5, 5.41) is 7.64. The van der Waals surface area contributed by atoms with Gasteiger partial charge < -0.3 is 9.47 Å². The first-order valence-electron chi connectivity index (χ1n) is 18.7. The van der Waals surface area contributed by atoms with Crippen LogP contribution in [0.15, 0.2) is 206 Å². The van der Waals surface area contributed by atoms with E-state index in [9.17, 15) is 0 Å². The molecule has 2 nitrogen and oxygen atoms in total. The third-order valence-corrected chi connectivity index (χ3v) is 12.1. The van der Waals surface area contributed by atoms with Crippen molar-refractivity contribution in [3.63, 3.8) is 0 Å². The number of anilines is 3. The summed E-state index contributed by atoms with van der Waals surface area (Å²) in [5.41, 5.74) is 11.8. The van der Waals surface area contributed by atoms with Crippen molar-refractivity contribution in [2.24, 2.45) is 0 Å². The Labute approximate surface area is 323 Å². The van der Waals surface area contributed by atoms with Gasteiger partial charge in [0.1, 0.15) is 0 Å². The van der Waals surface area contributed by atoms with Crippen molar-refractivity contribution in [2.75, 3.05) is 4.90 Å². The van der Waals surface area contributed by atoms with Gasteiger partial charge in [0.2, 0.25) is 0 Å². The van der Waals surface area contributed by atoms with Crippen molar-refractivity contribution < 1.29 is 0 Å².